The molecule has 0 aliphatic rings. The van der Waals surface area contributed by atoms with Gasteiger partial charge in [-0.25, -0.2) is 0 Å². The molecule has 0 saturated heterocycles. The van der Waals surface area contributed by atoms with E-state index in [0.717, 1.165) is 13.1 Å². The highest BCUT2D eigenvalue weighted by Crippen LogP contribution is 2.06. The number of rotatable bonds is 5. The molecular formula is C11H17ClN2. The Hall–Kier alpha value is -0.570. The molecule has 0 aliphatic heterocycles. The molecule has 1 aromatic carbocycles. The number of nitrogens with two attached hydrogens (primary N) is 1. The fourth-order valence-corrected chi connectivity index (χ4v) is 1.60. The van der Waals surface area contributed by atoms with Crippen molar-refractivity contribution in [1.82, 2.24) is 4.90 Å². The minimum absolute atomic E-state index is 0.609. The molecule has 14 heavy (non-hydrogen) atoms. The largest absolute Gasteiger partial charge is 0.326 e. The van der Waals surface area contributed by atoms with E-state index in [1.165, 1.54) is 11.1 Å². The first-order valence-corrected chi connectivity index (χ1v) is 5.32. The maximum atomic E-state index is 5.65. The van der Waals surface area contributed by atoms with Crippen LogP contribution in [-0.4, -0.2) is 24.4 Å². The quantitative estimate of drug-likeness (QED) is 0.755. The third-order valence-corrected chi connectivity index (χ3v) is 2.35. The van der Waals surface area contributed by atoms with Crippen molar-refractivity contribution in [2.75, 3.05) is 19.5 Å². The molecule has 0 amide bonds. The Morgan fingerprint density at radius 1 is 1.21 bits per heavy atom. The van der Waals surface area contributed by atoms with Crippen LogP contribution in [0.2, 0.25) is 0 Å². The lowest BCUT2D eigenvalue weighted by Gasteiger charge is -2.14. The van der Waals surface area contributed by atoms with Gasteiger partial charge in [0.1, 0.15) is 0 Å². The minimum atomic E-state index is 0.609. The van der Waals surface area contributed by atoms with Crippen molar-refractivity contribution >= 4 is 11.6 Å². The highest BCUT2D eigenvalue weighted by molar-refractivity contribution is 6.18. The van der Waals surface area contributed by atoms with Crippen LogP contribution in [-0.2, 0) is 13.1 Å². The average molecular weight is 213 g/mol. The molecule has 0 radical (unpaired) electrons. The molecule has 1 aromatic rings. The maximum Gasteiger partial charge on any atom is 0.0351 e. The maximum absolute atomic E-state index is 5.65. The van der Waals surface area contributed by atoms with Crippen LogP contribution in [0.3, 0.4) is 0 Å². The Kier molecular flexibility index (Phi) is 4.94. The summed E-state index contributed by atoms with van der Waals surface area (Å²) in [6.07, 6.45) is 0. The summed E-state index contributed by atoms with van der Waals surface area (Å²) >= 11 is 5.65. The standard InChI is InChI=1S/C11H17ClN2/c1-14(7-6-12)9-11-4-2-10(8-13)3-5-11/h2-5H,6-9,13H2,1H3. The Morgan fingerprint density at radius 3 is 2.29 bits per heavy atom. The fourth-order valence-electron chi connectivity index (χ4n) is 1.32. The van der Waals surface area contributed by atoms with Crippen molar-refractivity contribution in [3.05, 3.63) is 35.4 Å². The summed E-state index contributed by atoms with van der Waals surface area (Å²) in [7, 11) is 2.07. The van der Waals surface area contributed by atoms with Crippen molar-refractivity contribution in [3.63, 3.8) is 0 Å². The first kappa shape index (κ1) is 11.5. The van der Waals surface area contributed by atoms with Gasteiger partial charge in [0, 0.05) is 25.5 Å². The van der Waals surface area contributed by atoms with E-state index in [1.54, 1.807) is 0 Å². The average Bonchev–Trinajstić information content (AvgIpc) is 2.19. The number of hydrogen-bond acceptors (Lipinski definition) is 2. The first-order valence-electron chi connectivity index (χ1n) is 4.78. The van der Waals surface area contributed by atoms with E-state index in [2.05, 4.69) is 36.2 Å². The van der Waals surface area contributed by atoms with Crippen LogP contribution < -0.4 is 5.73 Å². The van der Waals surface area contributed by atoms with Gasteiger partial charge in [-0.1, -0.05) is 24.3 Å². The van der Waals surface area contributed by atoms with Gasteiger partial charge < -0.3 is 10.6 Å². The molecule has 0 aliphatic carbocycles. The molecule has 78 valence electrons. The summed E-state index contributed by atoms with van der Waals surface area (Å²) in [5.41, 5.74) is 8.00. The zero-order chi connectivity index (χ0) is 10.4. The molecule has 0 atom stereocenters. The highest BCUT2D eigenvalue weighted by Gasteiger charge is 1.98. The van der Waals surface area contributed by atoms with Crippen LogP contribution >= 0.6 is 11.6 Å². The number of hydrogen-bond donors (Lipinski definition) is 1. The van der Waals surface area contributed by atoms with Gasteiger partial charge in [-0.15, -0.1) is 11.6 Å². The summed E-state index contributed by atoms with van der Waals surface area (Å²) in [6, 6.07) is 8.38. The zero-order valence-electron chi connectivity index (χ0n) is 8.54. The van der Waals surface area contributed by atoms with Gasteiger partial charge in [0.2, 0.25) is 0 Å². The second-order valence-corrected chi connectivity index (χ2v) is 3.83. The van der Waals surface area contributed by atoms with Crippen molar-refractivity contribution in [1.29, 1.82) is 0 Å². The fraction of sp³-hybridized carbons (Fsp3) is 0.455. The van der Waals surface area contributed by atoms with Crippen LogP contribution in [0.1, 0.15) is 11.1 Å². The van der Waals surface area contributed by atoms with Crippen molar-refractivity contribution in [2.24, 2.45) is 5.73 Å². The second kappa shape index (κ2) is 6.02. The van der Waals surface area contributed by atoms with Gasteiger partial charge >= 0.3 is 0 Å². The lowest BCUT2D eigenvalue weighted by molar-refractivity contribution is 0.348. The number of nitrogens with zero attached hydrogens (tertiary/aromatic N) is 1. The molecule has 0 unspecified atom stereocenters. The summed E-state index contributed by atoms with van der Waals surface area (Å²) in [5.74, 6) is 0.678. The van der Waals surface area contributed by atoms with Gasteiger partial charge in [-0.05, 0) is 18.2 Å². The molecule has 0 saturated carbocycles. The summed E-state index contributed by atoms with van der Waals surface area (Å²) < 4.78 is 0. The van der Waals surface area contributed by atoms with E-state index < -0.39 is 0 Å². The van der Waals surface area contributed by atoms with E-state index in [1.807, 2.05) is 0 Å². The van der Waals surface area contributed by atoms with Crippen LogP contribution in [0.5, 0.6) is 0 Å². The predicted molar refractivity (Wildman–Crippen MR) is 61.4 cm³/mol. The molecule has 2 N–H and O–H groups in total. The second-order valence-electron chi connectivity index (χ2n) is 3.45. The lowest BCUT2D eigenvalue weighted by Crippen LogP contribution is -2.19. The predicted octanol–water partition coefficient (Wildman–Crippen LogP) is 1.82. The zero-order valence-corrected chi connectivity index (χ0v) is 9.30. The molecular weight excluding hydrogens is 196 g/mol. The third-order valence-electron chi connectivity index (χ3n) is 2.18. The topological polar surface area (TPSA) is 29.3 Å². The van der Waals surface area contributed by atoms with Gasteiger partial charge in [-0.3, -0.25) is 0 Å². The van der Waals surface area contributed by atoms with Gasteiger partial charge in [0.15, 0.2) is 0 Å². The van der Waals surface area contributed by atoms with E-state index in [0.29, 0.717) is 12.4 Å². The summed E-state index contributed by atoms with van der Waals surface area (Å²) in [6.45, 7) is 2.47. The number of alkyl halides is 1. The van der Waals surface area contributed by atoms with Crippen LogP contribution in [0.15, 0.2) is 24.3 Å². The Morgan fingerprint density at radius 2 is 1.79 bits per heavy atom. The molecule has 0 fully saturated rings. The minimum Gasteiger partial charge on any atom is -0.326 e. The SMILES string of the molecule is CN(CCCl)Cc1ccc(CN)cc1. The van der Waals surface area contributed by atoms with Gasteiger partial charge in [0.25, 0.3) is 0 Å². The van der Waals surface area contributed by atoms with Crippen molar-refractivity contribution in [2.45, 2.75) is 13.1 Å². The van der Waals surface area contributed by atoms with Gasteiger partial charge in [0.05, 0.1) is 0 Å². The van der Waals surface area contributed by atoms with Crippen molar-refractivity contribution < 1.29 is 0 Å². The molecule has 0 heterocycles. The molecule has 0 aromatic heterocycles. The molecule has 1 rings (SSSR count). The smallest absolute Gasteiger partial charge is 0.0351 e. The van der Waals surface area contributed by atoms with E-state index >= 15 is 0 Å². The number of benzene rings is 1. The summed E-state index contributed by atoms with van der Waals surface area (Å²) in [4.78, 5) is 2.20. The molecule has 0 bridgehead atoms. The Labute approximate surface area is 90.7 Å². The summed E-state index contributed by atoms with van der Waals surface area (Å²) in [5, 5.41) is 0. The van der Waals surface area contributed by atoms with Crippen LogP contribution in [0, 0.1) is 0 Å². The van der Waals surface area contributed by atoms with Gasteiger partial charge in [-0.2, -0.15) is 0 Å². The molecule has 2 nitrogen and oxygen atoms in total. The van der Waals surface area contributed by atoms with E-state index in [9.17, 15) is 0 Å². The number of halogens is 1. The molecule has 0 spiro atoms. The van der Waals surface area contributed by atoms with Crippen molar-refractivity contribution in [3.8, 4) is 0 Å². The normalized spacial score (nSPS) is 10.9. The van der Waals surface area contributed by atoms with Crippen LogP contribution in [0.25, 0.3) is 0 Å². The highest BCUT2D eigenvalue weighted by atomic mass is 35.5. The lowest BCUT2D eigenvalue weighted by atomic mass is 10.1. The Bertz CT molecular complexity index is 258. The molecule has 3 heteroatoms. The Balaban J connectivity index is 2.50. The first-order chi connectivity index (χ1) is 6.76. The van der Waals surface area contributed by atoms with Crippen LogP contribution in [0.4, 0.5) is 0 Å². The third kappa shape index (κ3) is 3.66. The van der Waals surface area contributed by atoms with E-state index in [-0.39, 0.29) is 0 Å². The van der Waals surface area contributed by atoms with E-state index in [4.69, 9.17) is 17.3 Å². The monoisotopic (exact) mass is 212 g/mol.